The lowest BCUT2D eigenvalue weighted by atomic mass is 10.2. The monoisotopic (exact) mass is 461 g/mol. The molecule has 0 spiro atoms. The Morgan fingerprint density at radius 2 is 1.68 bits per heavy atom. The van der Waals surface area contributed by atoms with Gasteiger partial charge in [0.25, 0.3) is 0 Å². The topological polar surface area (TPSA) is 56.3 Å². The molecule has 0 aliphatic carbocycles. The number of aromatic nitrogens is 2. The van der Waals surface area contributed by atoms with E-state index in [4.69, 9.17) is 32.7 Å². The summed E-state index contributed by atoms with van der Waals surface area (Å²) in [7, 11) is 1.49. The molecule has 0 bridgehead atoms. The van der Waals surface area contributed by atoms with Gasteiger partial charge in [-0.05, 0) is 42.0 Å². The van der Waals surface area contributed by atoms with Crippen LogP contribution in [0.25, 0.3) is 10.9 Å². The largest absolute Gasteiger partial charge is 0.493 e. The summed E-state index contributed by atoms with van der Waals surface area (Å²) < 4.78 is 38.0. The number of methoxy groups -OCH3 is 1. The Hall–Kier alpha value is -3.16. The minimum atomic E-state index is -0.671. The van der Waals surface area contributed by atoms with E-state index in [1.807, 2.05) is 0 Å². The third kappa shape index (κ3) is 4.78. The van der Waals surface area contributed by atoms with Gasteiger partial charge in [-0.1, -0.05) is 23.2 Å². The van der Waals surface area contributed by atoms with E-state index in [9.17, 15) is 8.78 Å². The molecule has 0 saturated carbocycles. The maximum absolute atomic E-state index is 13.4. The summed E-state index contributed by atoms with van der Waals surface area (Å²) in [5.74, 6) is -0.0275. The first kappa shape index (κ1) is 21.1. The Kier molecular flexibility index (Phi) is 6.06. The molecule has 0 amide bonds. The average molecular weight is 462 g/mol. The number of rotatable bonds is 6. The van der Waals surface area contributed by atoms with E-state index in [1.165, 1.54) is 25.6 Å². The molecule has 1 N–H and O–H groups in total. The van der Waals surface area contributed by atoms with Gasteiger partial charge in [-0.2, -0.15) is 0 Å². The van der Waals surface area contributed by atoms with Gasteiger partial charge in [0.15, 0.2) is 11.5 Å². The van der Waals surface area contributed by atoms with Gasteiger partial charge in [0, 0.05) is 23.2 Å². The highest BCUT2D eigenvalue weighted by Crippen LogP contribution is 2.35. The number of hydrogen-bond donors (Lipinski definition) is 1. The molecule has 4 rings (SSSR count). The van der Waals surface area contributed by atoms with E-state index >= 15 is 0 Å². The molecule has 4 aromatic rings. The van der Waals surface area contributed by atoms with E-state index < -0.39 is 11.6 Å². The summed E-state index contributed by atoms with van der Waals surface area (Å²) >= 11 is 12.1. The summed E-state index contributed by atoms with van der Waals surface area (Å²) in [5.41, 5.74) is 1.63. The zero-order valence-electron chi connectivity index (χ0n) is 16.1. The highest BCUT2D eigenvalue weighted by molar-refractivity contribution is 6.42. The number of nitrogens with zero attached hydrogens (tertiary/aromatic N) is 2. The van der Waals surface area contributed by atoms with E-state index in [2.05, 4.69) is 15.3 Å². The van der Waals surface area contributed by atoms with Crippen LogP contribution in [-0.4, -0.2) is 17.1 Å². The SMILES string of the molecule is COc1cc2c(Nc3ccc(Cl)c(Cl)c3)ncnc2cc1OCc1cc(F)cc(F)c1. The van der Waals surface area contributed by atoms with Gasteiger partial charge in [-0.3, -0.25) is 0 Å². The molecule has 9 heteroatoms. The fraction of sp³-hybridized carbons (Fsp3) is 0.0909. The van der Waals surface area contributed by atoms with Crippen LogP contribution in [0.4, 0.5) is 20.3 Å². The van der Waals surface area contributed by atoms with Gasteiger partial charge in [0.1, 0.15) is 30.4 Å². The smallest absolute Gasteiger partial charge is 0.163 e. The lowest BCUT2D eigenvalue weighted by Crippen LogP contribution is -2.01. The van der Waals surface area contributed by atoms with Crippen molar-refractivity contribution in [2.75, 3.05) is 12.4 Å². The van der Waals surface area contributed by atoms with Crippen LogP contribution in [0.2, 0.25) is 10.0 Å². The first-order chi connectivity index (χ1) is 14.9. The van der Waals surface area contributed by atoms with Crippen molar-refractivity contribution in [2.45, 2.75) is 6.61 Å². The van der Waals surface area contributed by atoms with Gasteiger partial charge in [0.2, 0.25) is 0 Å². The number of anilines is 2. The molecule has 0 unspecified atom stereocenters. The molecule has 1 heterocycles. The molecule has 0 radical (unpaired) electrons. The van der Waals surface area contributed by atoms with Crippen LogP contribution < -0.4 is 14.8 Å². The second-order valence-electron chi connectivity index (χ2n) is 6.56. The number of halogens is 4. The van der Waals surface area contributed by atoms with E-state index in [1.54, 1.807) is 30.3 Å². The molecule has 0 aliphatic heterocycles. The van der Waals surface area contributed by atoms with Gasteiger partial charge >= 0.3 is 0 Å². The molecule has 1 aromatic heterocycles. The van der Waals surface area contributed by atoms with E-state index in [0.29, 0.717) is 49.5 Å². The molecule has 0 fully saturated rings. The van der Waals surface area contributed by atoms with Crippen molar-refractivity contribution < 1.29 is 18.3 Å². The lowest BCUT2D eigenvalue weighted by Gasteiger charge is -2.14. The minimum Gasteiger partial charge on any atom is -0.493 e. The van der Waals surface area contributed by atoms with Crippen molar-refractivity contribution >= 4 is 45.6 Å². The summed E-state index contributed by atoms with van der Waals surface area (Å²) in [6.45, 7) is -0.0456. The van der Waals surface area contributed by atoms with Crippen molar-refractivity contribution in [2.24, 2.45) is 0 Å². The number of nitrogens with one attached hydrogen (secondary N) is 1. The molecule has 31 heavy (non-hydrogen) atoms. The van der Waals surface area contributed by atoms with Crippen molar-refractivity contribution in [3.8, 4) is 11.5 Å². The number of hydrogen-bond acceptors (Lipinski definition) is 5. The van der Waals surface area contributed by atoms with Crippen molar-refractivity contribution in [1.29, 1.82) is 0 Å². The Bertz CT molecular complexity index is 1250. The minimum absolute atomic E-state index is 0.0456. The number of fused-ring (bicyclic) bond motifs is 1. The Morgan fingerprint density at radius 1 is 0.903 bits per heavy atom. The first-order valence-corrected chi connectivity index (χ1v) is 9.81. The van der Waals surface area contributed by atoms with E-state index in [0.717, 1.165) is 6.07 Å². The Morgan fingerprint density at radius 3 is 2.39 bits per heavy atom. The number of benzene rings is 3. The lowest BCUT2D eigenvalue weighted by molar-refractivity contribution is 0.284. The molecular weight excluding hydrogens is 447 g/mol. The van der Waals surface area contributed by atoms with Gasteiger partial charge in [-0.15, -0.1) is 0 Å². The van der Waals surface area contributed by atoms with Gasteiger partial charge in [0.05, 0.1) is 22.7 Å². The van der Waals surface area contributed by atoms with Crippen molar-refractivity contribution in [3.63, 3.8) is 0 Å². The van der Waals surface area contributed by atoms with Crippen molar-refractivity contribution in [3.05, 3.63) is 82.1 Å². The highest BCUT2D eigenvalue weighted by Gasteiger charge is 2.13. The summed E-state index contributed by atoms with van der Waals surface area (Å²) in [6, 6.07) is 11.7. The normalized spacial score (nSPS) is 10.9. The number of ether oxygens (including phenoxy) is 2. The van der Waals surface area contributed by atoms with Crippen LogP contribution in [-0.2, 0) is 6.61 Å². The first-order valence-electron chi connectivity index (χ1n) is 9.05. The van der Waals surface area contributed by atoms with Crippen LogP contribution >= 0.6 is 23.2 Å². The maximum atomic E-state index is 13.4. The maximum Gasteiger partial charge on any atom is 0.163 e. The van der Waals surface area contributed by atoms with Crippen molar-refractivity contribution in [1.82, 2.24) is 9.97 Å². The molecule has 0 aliphatic rings. The predicted molar refractivity (Wildman–Crippen MR) is 117 cm³/mol. The second kappa shape index (κ2) is 8.91. The molecule has 0 atom stereocenters. The van der Waals surface area contributed by atoms with Crippen LogP contribution in [0, 0.1) is 11.6 Å². The van der Waals surface area contributed by atoms with Crippen LogP contribution in [0.15, 0.2) is 54.9 Å². The average Bonchev–Trinajstić information content (AvgIpc) is 2.74. The molecule has 3 aromatic carbocycles. The summed E-state index contributed by atoms with van der Waals surface area (Å²) in [4.78, 5) is 8.57. The van der Waals surface area contributed by atoms with Crippen LogP contribution in [0.3, 0.4) is 0 Å². The summed E-state index contributed by atoms with van der Waals surface area (Å²) in [6.07, 6.45) is 1.40. The van der Waals surface area contributed by atoms with Crippen LogP contribution in [0.1, 0.15) is 5.56 Å². The molecular formula is C22H15Cl2F2N3O2. The van der Waals surface area contributed by atoms with Gasteiger partial charge in [-0.25, -0.2) is 18.7 Å². The second-order valence-corrected chi connectivity index (χ2v) is 7.38. The highest BCUT2D eigenvalue weighted by atomic mass is 35.5. The van der Waals surface area contributed by atoms with Crippen LogP contribution in [0.5, 0.6) is 11.5 Å². The molecule has 5 nitrogen and oxygen atoms in total. The van der Waals surface area contributed by atoms with Gasteiger partial charge < -0.3 is 14.8 Å². The Balaban J connectivity index is 1.65. The molecule has 158 valence electrons. The zero-order chi connectivity index (χ0) is 22.0. The Labute approximate surface area is 186 Å². The third-order valence-corrected chi connectivity index (χ3v) is 5.16. The third-order valence-electron chi connectivity index (χ3n) is 4.42. The molecule has 0 saturated heterocycles. The standard InChI is InChI=1S/C22H15Cl2F2N3O2/c1-30-20-8-16-19(9-21(20)31-10-12-4-13(25)6-14(26)5-12)27-11-28-22(16)29-15-2-3-17(23)18(24)7-15/h2-9,11H,10H2,1H3,(H,27,28,29). The summed E-state index contributed by atoms with van der Waals surface area (Å²) in [5, 5.41) is 4.71. The van der Waals surface area contributed by atoms with E-state index in [-0.39, 0.29) is 6.61 Å². The zero-order valence-corrected chi connectivity index (χ0v) is 17.6. The predicted octanol–water partition coefficient (Wildman–Crippen LogP) is 6.55. The fourth-order valence-corrected chi connectivity index (χ4v) is 3.30. The fourth-order valence-electron chi connectivity index (χ4n) is 3.00. The quantitative estimate of drug-likeness (QED) is 0.352.